The standard InChI is InChI=1S/C23H24Cl2N2O4/c1-4-18-20(22(28)31-13(2)3)21(27-23(29)26-18)15-7-5-6-8-19(15)30-12-14-9-10-16(24)17(25)11-14/h5-11,13,21H,4,12H2,1-3H3,(H2,26,27,29). The highest BCUT2D eigenvalue weighted by atomic mass is 35.5. The number of carbonyl (C=O) groups is 2. The first-order valence-electron chi connectivity index (χ1n) is 9.97. The lowest BCUT2D eigenvalue weighted by atomic mass is 9.93. The fraction of sp³-hybridized carbons (Fsp3) is 0.304. The second-order valence-corrected chi connectivity index (χ2v) is 8.12. The Bertz CT molecular complexity index is 1020. The van der Waals surface area contributed by atoms with E-state index in [9.17, 15) is 9.59 Å². The molecule has 2 amide bonds. The van der Waals surface area contributed by atoms with Crippen molar-refractivity contribution in [3.05, 3.63) is 74.9 Å². The number of carbonyl (C=O) groups excluding carboxylic acids is 2. The van der Waals surface area contributed by atoms with Crippen molar-refractivity contribution in [3.63, 3.8) is 0 Å². The van der Waals surface area contributed by atoms with Crippen molar-refractivity contribution in [3.8, 4) is 5.75 Å². The largest absolute Gasteiger partial charge is 0.489 e. The van der Waals surface area contributed by atoms with Gasteiger partial charge in [-0.05, 0) is 44.0 Å². The molecule has 1 aliphatic rings. The molecule has 31 heavy (non-hydrogen) atoms. The predicted molar refractivity (Wildman–Crippen MR) is 120 cm³/mol. The minimum atomic E-state index is -0.708. The number of ether oxygens (including phenoxy) is 2. The lowest BCUT2D eigenvalue weighted by Gasteiger charge is -2.30. The highest BCUT2D eigenvalue weighted by Crippen LogP contribution is 2.35. The van der Waals surface area contributed by atoms with Crippen molar-refractivity contribution in [2.24, 2.45) is 0 Å². The third kappa shape index (κ3) is 5.51. The molecule has 2 N–H and O–H groups in total. The van der Waals surface area contributed by atoms with Crippen molar-refractivity contribution in [2.75, 3.05) is 0 Å². The van der Waals surface area contributed by atoms with E-state index in [4.69, 9.17) is 32.7 Å². The van der Waals surface area contributed by atoms with Crippen LogP contribution < -0.4 is 15.4 Å². The van der Waals surface area contributed by atoms with Crippen molar-refractivity contribution >= 4 is 35.2 Å². The van der Waals surface area contributed by atoms with Gasteiger partial charge in [-0.1, -0.05) is 54.4 Å². The van der Waals surface area contributed by atoms with E-state index < -0.39 is 12.0 Å². The zero-order chi connectivity index (χ0) is 22.5. The zero-order valence-electron chi connectivity index (χ0n) is 17.5. The number of hydrogen-bond donors (Lipinski definition) is 2. The van der Waals surface area contributed by atoms with Gasteiger partial charge in [-0.15, -0.1) is 0 Å². The molecule has 3 rings (SSSR count). The van der Waals surface area contributed by atoms with E-state index >= 15 is 0 Å². The van der Waals surface area contributed by atoms with Gasteiger partial charge in [0.05, 0.1) is 27.8 Å². The van der Waals surface area contributed by atoms with Gasteiger partial charge in [-0.3, -0.25) is 0 Å². The Balaban J connectivity index is 1.95. The number of rotatable bonds is 7. The molecule has 0 radical (unpaired) electrons. The number of hydrogen-bond acceptors (Lipinski definition) is 4. The zero-order valence-corrected chi connectivity index (χ0v) is 19.0. The summed E-state index contributed by atoms with van der Waals surface area (Å²) in [5.74, 6) is 0.0507. The van der Waals surface area contributed by atoms with Crippen LogP contribution in [0.5, 0.6) is 5.75 Å². The number of halogens is 2. The number of allylic oxidation sites excluding steroid dienone is 1. The first-order valence-corrected chi connectivity index (χ1v) is 10.7. The molecule has 0 aromatic heterocycles. The summed E-state index contributed by atoms with van der Waals surface area (Å²) < 4.78 is 11.5. The molecular weight excluding hydrogens is 439 g/mol. The summed E-state index contributed by atoms with van der Waals surface area (Å²) in [7, 11) is 0. The average Bonchev–Trinajstić information content (AvgIpc) is 2.73. The van der Waals surface area contributed by atoms with Crippen LogP contribution in [0.4, 0.5) is 4.79 Å². The summed E-state index contributed by atoms with van der Waals surface area (Å²) in [4.78, 5) is 25.2. The Morgan fingerprint density at radius 1 is 1.13 bits per heavy atom. The van der Waals surface area contributed by atoms with Crippen LogP contribution in [0.15, 0.2) is 53.7 Å². The summed E-state index contributed by atoms with van der Waals surface area (Å²) in [6.07, 6.45) is 0.177. The SMILES string of the molecule is CCC1=C(C(=O)OC(C)C)C(c2ccccc2OCc2ccc(Cl)c(Cl)c2)NC(=O)N1. The normalized spacial score (nSPS) is 16.1. The molecule has 2 aromatic rings. The molecule has 1 unspecified atom stereocenters. The maximum absolute atomic E-state index is 12.9. The summed E-state index contributed by atoms with van der Waals surface area (Å²) in [6, 6.07) is 11.4. The molecule has 0 saturated heterocycles. The Labute approximate surface area is 191 Å². The van der Waals surface area contributed by atoms with E-state index in [0.717, 1.165) is 5.56 Å². The van der Waals surface area contributed by atoms with Crippen LogP contribution in [0.25, 0.3) is 0 Å². The van der Waals surface area contributed by atoms with Crippen LogP contribution in [0.1, 0.15) is 44.4 Å². The third-order valence-electron chi connectivity index (χ3n) is 4.68. The molecule has 1 atom stereocenters. The fourth-order valence-electron chi connectivity index (χ4n) is 3.29. The van der Waals surface area contributed by atoms with Crippen LogP contribution in [0.2, 0.25) is 10.0 Å². The van der Waals surface area contributed by atoms with Gasteiger partial charge in [0.2, 0.25) is 0 Å². The number of nitrogens with one attached hydrogen (secondary N) is 2. The van der Waals surface area contributed by atoms with E-state index in [1.807, 2.05) is 31.2 Å². The molecule has 1 aliphatic heterocycles. The van der Waals surface area contributed by atoms with Gasteiger partial charge < -0.3 is 20.1 Å². The minimum absolute atomic E-state index is 0.239. The predicted octanol–water partition coefficient (Wildman–Crippen LogP) is 5.54. The molecule has 8 heteroatoms. The highest BCUT2D eigenvalue weighted by molar-refractivity contribution is 6.42. The van der Waals surface area contributed by atoms with Crippen molar-refractivity contribution in [1.29, 1.82) is 0 Å². The van der Waals surface area contributed by atoms with Gasteiger partial charge in [0.25, 0.3) is 0 Å². The number of para-hydroxylation sites is 1. The van der Waals surface area contributed by atoms with Crippen molar-refractivity contribution in [2.45, 2.75) is 45.9 Å². The second kappa shape index (κ2) is 10.1. The Morgan fingerprint density at radius 2 is 1.87 bits per heavy atom. The smallest absolute Gasteiger partial charge is 0.338 e. The Morgan fingerprint density at radius 3 is 2.55 bits per heavy atom. The van der Waals surface area contributed by atoms with Crippen molar-refractivity contribution < 1.29 is 19.1 Å². The molecular formula is C23H24Cl2N2O4. The van der Waals surface area contributed by atoms with Crippen LogP contribution in [-0.2, 0) is 16.1 Å². The van der Waals surface area contributed by atoms with E-state index in [1.165, 1.54) is 0 Å². The van der Waals surface area contributed by atoms with E-state index in [0.29, 0.717) is 39.0 Å². The van der Waals surface area contributed by atoms with Crippen LogP contribution >= 0.6 is 23.2 Å². The molecule has 0 fully saturated rings. The van der Waals surface area contributed by atoms with Gasteiger partial charge in [0.1, 0.15) is 12.4 Å². The van der Waals surface area contributed by atoms with Gasteiger partial charge >= 0.3 is 12.0 Å². The van der Waals surface area contributed by atoms with Crippen LogP contribution in [0.3, 0.4) is 0 Å². The summed E-state index contributed by atoms with van der Waals surface area (Å²) >= 11 is 12.1. The molecule has 0 saturated carbocycles. The first kappa shape index (κ1) is 23.0. The van der Waals surface area contributed by atoms with Crippen molar-refractivity contribution in [1.82, 2.24) is 10.6 Å². The molecule has 0 bridgehead atoms. The number of urea groups is 1. The van der Waals surface area contributed by atoms with Crippen LogP contribution in [0, 0.1) is 0 Å². The maximum atomic E-state index is 12.9. The van der Waals surface area contributed by atoms with Gasteiger partial charge in [0, 0.05) is 11.3 Å². The summed E-state index contributed by atoms with van der Waals surface area (Å²) in [5, 5.41) is 6.46. The van der Waals surface area contributed by atoms with E-state index in [2.05, 4.69) is 10.6 Å². The molecule has 0 spiro atoms. The fourth-order valence-corrected chi connectivity index (χ4v) is 3.61. The molecule has 1 heterocycles. The van der Waals surface area contributed by atoms with Gasteiger partial charge in [-0.2, -0.15) is 0 Å². The number of esters is 1. The van der Waals surface area contributed by atoms with Gasteiger partial charge in [0.15, 0.2) is 0 Å². The van der Waals surface area contributed by atoms with E-state index in [-0.39, 0.29) is 18.7 Å². The first-order chi connectivity index (χ1) is 14.8. The second-order valence-electron chi connectivity index (χ2n) is 7.31. The molecule has 0 aliphatic carbocycles. The topological polar surface area (TPSA) is 76.7 Å². The quantitative estimate of drug-likeness (QED) is 0.529. The summed E-state index contributed by atoms with van der Waals surface area (Å²) in [5.41, 5.74) is 2.38. The van der Waals surface area contributed by atoms with Gasteiger partial charge in [-0.25, -0.2) is 9.59 Å². The lowest BCUT2D eigenvalue weighted by Crippen LogP contribution is -2.46. The molecule has 2 aromatic carbocycles. The molecule has 164 valence electrons. The van der Waals surface area contributed by atoms with Crippen LogP contribution in [-0.4, -0.2) is 18.1 Å². The number of amides is 2. The van der Waals surface area contributed by atoms with E-state index in [1.54, 1.807) is 32.0 Å². The minimum Gasteiger partial charge on any atom is -0.489 e. The monoisotopic (exact) mass is 462 g/mol. The Hall–Kier alpha value is -2.70. The summed E-state index contributed by atoms with van der Waals surface area (Å²) in [6.45, 7) is 5.67. The number of benzene rings is 2. The Kier molecular flexibility index (Phi) is 7.46. The highest BCUT2D eigenvalue weighted by Gasteiger charge is 2.35. The maximum Gasteiger partial charge on any atom is 0.338 e. The molecule has 6 nitrogen and oxygen atoms in total. The third-order valence-corrected chi connectivity index (χ3v) is 5.42. The average molecular weight is 463 g/mol. The lowest BCUT2D eigenvalue weighted by molar-refractivity contribution is -0.143.